The fourth-order valence-electron chi connectivity index (χ4n) is 2.00. The van der Waals surface area contributed by atoms with Crippen LogP contribution in [0.15, 0.2) is 12.2 Å². The van der Waals surface area contributed by atoms with Crippen LogP contribution in [0.25, 0.3) is 0 Å². The SMILES string of the molecule is C#CCC/C=C/CCCCCOC1CCCCO1. The van der Waals surface area contributed by atoms with Gasteiger partial charge in [-0.3, -0.25) is 0 Å². The van der Waals surface area contributed by atoms with Gasteiger partial charge in [0.15, 0.2) is 6.29 Å². The highest BCUT2D eigenvalue weighted by Crippen LogP contribution is 2.14. The van der Waals surface area contributed by atoms with Crippen LogP contribution in [0.4, 0.5) is 0 Å². The molecule has 2 heteroatoms. The first kappa shape index (κ1) is 15.3. The first-order valence-corrected chi connectivity index (χ1v) is 7.25. The molecule has 0 bridgehead atoms. The zero-order valence-corrected chi connectivity index (χ0v) is 11.4. The zero-order chi connectivity index (χ0) is 12.9. The fourth-order valence-corrected chi connectivity index (χ4v) is 2.00. The molecule has 1 saturated heterocycles. The van der Waals surface area contributed by atoms with Crippen LogP contribution in [-0.4, -0.2) is 19.5 Å². The van der Waals surface area contributed by atoms with Crippen LogP contribution in [0.2, 0.25) is 0 Å². The molecule has 1 rings (SSSR count). The van der Waals surface area contributed by atoms with Gasteiger partial charge in [0.25, 0.3) is 0 Å². The average molecular weight is 250 g/mol. The maximum atomic E-state index is 5.68. The lowest BCUT2D eigenvalue weighted by molar-refractivity contribution is -0.162. The lowest BCUT2D eigenvalue weighted by Gasteiger charge is -2.22. The first-order chi connectivity index (χ1) is 8.93. The minimum atomic E-state index is 0.0717. The Morgan fingerprint density at radius 1 is 1.17 bits per heavy atom. The largest absolute Gasteiger partial charge is 0.353 e. The second-order valence-corrected chi connectivity index (χ2v) is 4.73. The summed E-state index contributed by atoms with van der Waals surface area (Å²) in [4.78, 5) is 0. The molecule has 0 aromatic heterocycles. The third kappa shape index (κ3) is 8.33. The maximum Gasteiger partial charge on any atom is 0.157 e. The standard InChI is InChI=1S/C16H26O2/c1-2-3-4-5-6-7-8-9-11-14-17-16-13-10-12-15-18-16/h1,5-6,16H,3-4,7-15H2/b6-5+. The van der Waals surface area contributed by atoms with Crippen LogP contribution >= 0.6 is 0 Å². The third-order valence-corrected chi connectivity index (χ3v) is 3.08. The number of hydrogen-bond donors (Lipinski definition) is 0. The monoisotopic (exact) mass is 250 g/mol. The Morgan fingerprint density at radius 2 is 2.06 bits per heavy atom. The number of hydrogen-bond acceptors (Lipinski definition) is 2. The normalized spacial score (nSPS) is 20.1. The molecule has 0 aliphatic carbocycles. The molecule has 0 aromatic rings. The Morgan fingerprint density at radius 3 is 2.83 bits per heavy atom. The van der Waals surface area contributed by atoms with Crippen molar-refractivity contribution in [2.45, 2.75) is 64.1 Å². The topological polar surface area (TPSA) is 18.5 Å². The van der Waals surface area contributed by atoms with E-state index < -0.39 is 0 Å². The Bertz CT molecular complexity index is 246. The van der Waals surface area contributed by atoms with Gasteiger partial charge in [-0.15, -0.1) is 12.3 Å². The van der Waals surface area contributed by atoms with Gasteiger partial charge in [0.1, 0.15) is 0 Å². The molecule has 18 heavy (non-hydrogen) atoms. The van der Waals surface area contributed by atoms with E-state index >= 15 is 0 Å². The van der Waals surface area contributed by atoms with E-state index in [4.69, 9.17) is 15.9 Å². The molecule has 0 radical (unpaired) electrons. The van der Waals surface area contributed by atoms with Crippen LogP contribution in [0.1, 0.15) is 57.8 Å². The molecular weight excluding hydrogens is 224 g/mol. The van der Waals surface area contributed by atoms with E-state index in [0.717, 1.165) is 45.3 Å². The Labute approximate surface area is 112 Å². The van der Waals surface area contributed by atoms with Crippen molar-refractivity contribution in [2.24, 2.45) is 0 Å². The predicted molar refractivity (Wildman–Crippen MR) is 75.2 cm³/mol. The molecule has 1 fully saturated rings. The molecule has 1 atom stereocenters. The molecule has 1 aliphatic rings. The van der Waals surface area contributed by atoms with Crippen LogP contribution in [0.5, 0.6) is 0 Å². The lowest BCUT2D eigenvalue weighted by Crippen LogP contribution is -2.22. The molecule has 1 heterocycles. The van der Waals surface area contributed by atoms with E-state index in [1.165, 1.54) is 25.7 Å². The highest BCUT2D eigenvalue weighted by molar-refractivity contribution is 4.90. The molecule has 0 spiro atoms. The van der Waals surface area contributed by atoms with Crippen molar-refractivity contribution in [3.05, 3.63) is 12.2 Å². The molecule has 0 amide bonds. The van der Waals surface area contributed by atoms with Crippen LogP contribution in [-0.2, 0) is 9.47 Å². The molecular formula is C16H26O2. The molecule has 1 unspecified atom stereocenters. The van der Waals surface area contributed by atoms with Gasteiger partial charge in [0.2, 0.25) is 0 Å². The highest BCUT2D eigenvalue weighted by atomic mass is 16.7. The minimum absolute atomic E-state index is 0.0717. The van der Waals surface area contributed by atoms with Crippen molar-refractivity contribution in [1.82, 2.24) is 0 Å². The molecule has 1 aliphatic heterocycles. The average Bonchev–Trinajstić information content (AvgIpc) is 2.42. The van der Waals surface area contributed by atoms with Gasteiger partial charge in [-0.1, -0.05) is 18.6 Å². The van der Waals surface area contributed by atoms with E-state index in [1.807, 2.05) is 0 Å². The molecule has 0 aromatic carbocycles. The first-order valence-electron chi connectivity index (χ1n) is 7.25. The quantitative estimate of drug-likeness (QED) is 0.349. The van der Waals surface area contributed by atoms with Gasteiger partial charge >= 0.3 is 0 Å². The summed E-state index contributed by atoms with van der Waals surface area (Å²) >= 11 is 0. The lowest BCUT2D eigenvalue weighted by atomic mass is 10.2. The van der Waals surface area contributed by atoms with Crippen LogP contribution in [0.3, 0.4) is 0 Å². The second kappa shape index (κ2) is 11.3. The van der Waals surface area contributed by atoms with Gasteiger partial charge in [-0.05, 0) is 44.9 Å². The van der Waals surface area contributed by atoms with Crippen molar-refractivity contribution in [3.63, 3.8) is 0 Å². The number of allylic oxidation sites excluding steroid dienone is 2. The van der Waals surface area contributed by atoms with Gasteiger partial charge < -0.3 is 9.47 Å². The van der Waals surface area contributed by atoms with Gasteiger partial charge in [-0.25, -0.2) is 0 Å². The Kier molecular flexibility index (Phi) is 9.61. The molecule has 102 valence electrons. The van der Waals surface area contributed by atoms with Gasteiger partial charge in [-0.2, -0.15) is 0 Å². The number of terminal acetylenes is 1. The third-order valence-electron chi connectivity index (χ3n) is 3.08. The van der Waals surface area contributed by atoms with Crippen molar-refractivity contribution >= 4 is 0 Å². The van der Waals surface area contributed by atoms with E-state index in [2.05, 4.69) is 18.1 Å². The number of ether oxygens (including phenoxy) is 2. The van der Waals surface area contributed by atoms with Crippen molar-refractivity contribution in [3.8, 4) is 12.3 Å². The van der Waals surface area contributed by atoms with Crippen LogP contribution in [0, 0.1) is 12.3 Å². The zero-order valence-electron chi connectivity index (χ0n) is 11.4. The second-order valence-electron chi connectivity index (χ2n) is 4.73. The summed E-state index contributed by atoms with van der Waals surface area (Å²) in [7, 11) is 0. The minimum Gasteiger partial charge on any atom is -0.353 e. The Balaban J connectivity index is 1.81. The van der Waals surface area contributed by atoms with Crippen molar-refractivity contribution in [1.29, 1.82) is 0 Å². The predicted octanol–water partition coefficient (Wildman–Crippen LogP) is 4.06. The smallest absolute Gasteiger partial charge is 0.157 e. The maximum absolute atomic E-state index is 5.68. The van der Waals surface area contributed by atoms with E-state index in [9.17, 15) is 0 Å². The van der Waals surface area contributed by atoms with Crippen LogP contribution < -0.4 is 0 Å². The van der Waals surface area contributed by atoms with E-state index in [1.54, 1.807) is 0 Å². The summed E-state index contributed by atoms with van der Waals surface area (Å²) in [6.07, 6.45) is 19.8. The number of unbranched alkanes of at least 4 members (excludes halogenated alkanes) is 4. The van der Waals surface area contributed by atoms with Gasteiger partial charge in [0.05, 0.1) is 0 Å². The Hall–Kier alpha value is -0.780. The summed E-state index contributed by atoms with van der Waals surface area (Å²) in [5, 5.41) is 0. The number of rotatable bonds is 9. The molecule has 0 N–H and O–H groups in total. The van der Waals surface area contributed by atoms with E-state index in [-0.39, 0.29) is 6.29 Å². The summed E-state index contributed by atoms with van der Waals surface area (Å²) in [5.74, 6) is 2.64. The summed E-state index contributed by atoms with van der Waals surface area (Å²) in [5.41, 5.74) is 0. The summed E-state index contributed by atoms with van der Waals surface area (Å²) in [6.45, 7) is 1.71. The van der Waals surface area contributed by atoms with Crippen molar-refractivity contribution in [2.75, 3.05) is 13.2 Å². The van der Waals surface area contributed by atoms with Gasteiger partial charge in [0, 0.05) is 19.6 Å². The summed E-state index contributed by atoms with van der Waals surface area (Å²) in [6, 6.07) is 0. The molecule has 2 nitrogen and oxygen atoms in total. The molecule has 0 saturated carbocycles. The van der Waals surface area contributed by atoms with E-state index in [0.29, 0.717) is 0 Å². The fraction of sp³-hybridized carbons (Fsp3) is 0.750. The van der Waals surface area contributed by atoms with Crippen molar-refractivity contribution < 1.29 is 9.47 Å². The summed E-state index contributed by atoms with van der Waals surface area (Å²) < 4.78 is 11.2. The highest BCUT2D eigenvalue weighted by Gasteiger charge is 2.12.